The molecule has 2 heterocycles. The summed E-state index contributed by atoms with van der Waals surface area (Å²) >= 11 is 0. The quantitative estimate of drug-likeness (QED) is 0.825. The topological polar surface area (TPSA) is 84.1 Å². The van der Waals surface area contributed by atoms with Crippen molar-refractivity contribution < 1.29 is 9.63 Å². The van der Waals surface area contributed by atoms with Gasteiger partial charge in [0.1, 0.15) is 17.9 Å². The molecule has 2 aromatic rings. The Labute approximate surface area is 98.7 Å². The summed E-state index contributed by atoms with van der Waals surface area (Å²) in [4.78, 5) is 8.26. The number of aromatic nitrogens is 3. The maximum absolute atomic E-state index is 8.74. The number of hydrogen-bond acceptors (Lipinski definition) is 6. The van der Waals surface area contributed by atoms with Crippen LogP contribution in [0.15, 0.2) is 16.9 Å². The minimum Gasteiger partial charge on any atom is -0.395 e. The molecule has 90 valence electrons. The number of nitrogens with zero attached hydrogens (tertiary/aromatic N) is 3. The monoisotopic (exact) mass is 234 g/mol. The minimum absolute atomic E-state index is 0.0602. The second kappa shape index (κ2) is 4.92. The molecule has 17 heavy (non-hydrogen) atoms. The van der Waals surface area contributed by atoms with Crippen LogP contribution < -0.4 is 5.32 Å². The minimum atomic E-state index is 0.0602. The molecule has 0 bridgehead atoms. The van der Waals surface area contributed by atoms with Gasteiger partial charge in [0, 0.05) is 12.6 Å². The van der Waals surface area contributed by atoms with E-state index in [2.05, 4.69) is 20.4 Å². The van der Waals surface area contributed by atoms with E-state index in [0.29, 0.717) is 12.4 Å². The lowest BCUT2D eigenvalue weighted by Crippen LogP contribution is -2.07. The highest BCUT2D eigenvalue weighted by Gasteiger charge is 2.13. The second-order valence-corrected chi connectivity index (χ2v) is 3.64. The van der Waals surface area contributed by atoms with E-state index in [0.717, 1.165) is 22.7 Å². The first-order chi connectivity index (χ1) is 8.22. The first-order valence-corrected chi connectivity index (χ1v) is 5.32. The van der Waals surface area contributed by atoms with Crippen LogP contribution in [0.1, 0.15) is 11.5 Å². The Morgan fingerprint density at radius 3 is 2.82 bits per heavy atom. The summed E-state index contributed by atoms with van der Waals surface area (Å²) in [6.07, 6.45) is 1.47. The number of anilines is 1. The fraction of sp³-hybridized carbons (Fsp3) is 0.364. The molecule has 0 radical (unpaired) electrons. The molecule has 0 aliphatic heterocycles. The van der Waals surface area contributed by atoms with Crippen LogP contribution in [0.25, 0.3) is 11.3 Å². The van der Waals surface area contributed by atoms with E-state index in [1.54, 1.807) is 0 Å². The molecule has 0 aromatic carbocycles. The SMILES string of the molecule is Cc1noc(C)c1-c1cc(NCCO)ncn1. The predicted octanol–water partition coefficient (Wildman–Crippen LogP) is 1.15. The summed E-state index contributed by atoms with van der Waals surface area (Å²) in [5.74, 6) is 1.40. The highest BCUT2D eigenvalue weighted by atomic mass is 16.5. The van der Waals surface area contributed by atoms with E-state index >= 15 is 0 Å². The van der Waals surface area contributed by atoms with Gasteiger partial charge in [-0.25, -0.2) is 9.97 Å². The summed E-state index contributed by atoms with van der Waals surface area (Å²) in [6, 6.07) is 1.81. The standard InChI is InChI=1S/C11H14N4O2/c1-7-11(8(2)17-15-7)9-5-10(12-3-4-16)14-6-13-9/h5-6,16H,3-4H2,1-2H3,(H,12,13,14). The van der Waals surface area contributed by atoms with E-state index in [9.17, 15) is 0 Å². The van der Waals surface area contributed by atoms with Crippen molar-refractivity contribution in [2.24, 2.45) is 0 Å². The molecule has 0 aliphatic rings. The average Bonchev–Trinajstić information content (AvgIpc) is 2.67. The average molecular weight is 234 g/mol. The van der Waals surface area contributed by atoms with Crippen LogP contribution in [0.4, 0.5) is 5.82 Å². The van der Waals surface area contributed by atoms with Crippen molar-refractivity contribution in [1.29, 1.82) is 0 Å². The first kappa shape index (κ1) is 11.5. The molecule has 0 spiro atoms. The molecule has 6 heteroatoms. The van der Waals surface area contributed by atoms with Crippen molar-refractivity contribution in [3.8, 4) is 11.3 Å². The zero-order valence-corrected chi connectivity index (χ0v) is 9.77. The van der Waals surface area contributed by atoms with Gasteiger partial charge in [-0.3, -0.25) is 0 Å². The van der Waals surface area contributed by atoms with Gasteiger partial charge in [-0.15, -0.1) is 0 Å². The lowest BCUT2D eigenvalue weighted by Gasteiger charge is -2.04. The van der Waals surface area contributed by atoms with Gasteiger partial charge in [0.2, 0.25) is 0 Å². The maximum Gasteiger partial charge on any atom is 0.143 e. The molecule has 0 saturated heterocycles. The Morgan fingerprint density at radius 2 is 2.18 bits per heavy atom. The third kappa shape index (κ3) is 2.42. The van der Waals surface area contributed by atoms with Gasteiger partial charge < -0.3 is 14.9 Å². The predicted molar refractivity (Wildman–Crippen MR) is 62.6 cm³/mol. The molecule has 0 saturated carbocycles. The van der Waals surface area contributed by atoms with Crippen LogP contribution >= 0.6 is 0 Å². The molecule has 0 atom stereocenters. The normalized spacial score (nSPS) is 10.5. The van der Waals surface area contributed by atoms with Crippen LogP contribution in [0.5, 0.6) is 0 Å². The largest absolute Gasteiger partial charge is 0.395 e. The van der Waals surface area contributed by atoms with Crippen molar-refractivity contribution in [3.63, 3.8) is 0 Å². The highest BCUT2D eigenvalue weighted by molar-refractivity contribution is 5.65. The van der Waals surface area contributed by atoms with Gasteiger partial charge in [-0.1, -0.05) is 5.16 Å². The van der Waals surface area contributed by atoms with Crippen molar-refractivity contribution in [1.82, 2.24) is 15.1 Å². The molecule has 0 amide bonds. The van der Waals surface area contributed by atoms with Gasteiger partial charge in [-0.2, -0.15) is 0 Å². The van der Waals surface area contributed by atoms with Crippen LogP contribution in [-0.4, -0.2) is 33.4 Å². The molecule has 6 nitrogen and oxygen atoms in total. The van der Waals surface area contributed by atoms with Gasteiger partial charge >= 0.3 is 0 Å². The number of rotatable bonds is 4. The molecular weight excluding hydrogens is 220 g/mol. The molecular formula is C11H14N4O2. The van der Waals surface area contributed by atoms with Crippen molar-refractivity contribution in [2.75, 3.05) is 18.5 Å². The fourth-order valence-corrected chi connectivity index (χ4v) is 1.62. The van der Waals surface area contributed by atoms with Gasteiger partial charge in [0.05, 0.1) is 23.6 Å². The van der Waals surface area contributed by atoms with Crippen LogP contribution in [0.3, 0.4) is 0 Å². The summed E-state index contributed by atoms with van der Waals surface area (Å²) in [7, 11) is 0. The number of hydrogen-bond donors (Lipinski definition) is 2. The molecule has 0 aliphatic carbocycles. The zero-order chi connectivity index (χ0) is 12.3. The first-order valence-electron chi connectivity index (χ1n) is 5.32. The fourth-order valence-electron chi connectivity index (χ4n) is 1.62. The van der Waals surface area contributed by atoms with Gasteiger partial charge in [0.15, 0.2) is 0 Å². The van der Waals surface area contributed by atoms with E-state index in [4.69, 9.17) is 9.63 Å². The van der Waals surface area contributed by atoms with E-state index in [1.807, 2.05) is 19.9 Å². The summed E-state index contributed by atoms with van der Waals surface area (Å²) in [5, 5.41) is 15.6. The van der Waals surface area contributed by atoms with Crippen molar-refractivity contribution in [3.05, 3.63) is 23.8 Å². The smallest absolute Gasteiger partial charge is 0.143 e. The van der Waals surface area contributed by atoms with Crippen LogP contribution in [-0.2, 0) is 0 Å². The number of nitrogens with one attached hydrogen (secondary N) is 1. The lowest BCUT2D eigenvalue weighted by molar-refractivity contribution is 0.311. The van der Waals surface area contributed by atoms with Gasteiger partial charge in [-0.05, 0) is 13.8 Å². The molecule has 0 unspecified atom stereocenters. The molecule has 2 N–H and O–H groups in total. The Kier molecular flexibility index (Phi) is 3.34. The summed E-state index contributed by atoms with van der Waals surface area (Å²) in [6.45, 7) is 4.23. The van der Waals surface area contributed by atoms with Crippen LogP contribution in [0, 0.1) is 13.8 Å². The molecule has 0 fully saturated rings. The van der Waals surface area contributed by atoms with Crippen LogP contribution in [0.2, 0.25) is 0 Å². The maximum atomic E-state index is 8.74. The number of aliphatic hydroxyl groups is 1. The van der Waals surface area contributed by atoms with E-state index in [-0.39, 0.29) is 6.61 Å². The van der Waals surface area contributed by atoms with E-state index in [1.165, 1.54) is 6.33 Å². The Morgan fingerprint density at radius 1 is 1.35 bits per heavy atom. The van der Waals surface area contributed by atoms with Crippen molar-refractivity contribution >= 4 is 5.82 Å². The number of aliphatic hydroxyl groups excluding tert-OH is 1. The molecule has 2 rings (SSSR count). The summed E-state index contributed by atoms with van der Waals surface area (Å²) < 4.78 is 5.10. The lowest BCUT2D eigenvalue weighted by atomic mass is 10.1. The Bertz CT molecular complexity index is 490. The number of aryl methyl sites for hydroxylation is 2. The highest BCUT2D eigenvalue weighted by Crippen LogP contribution is 2.25. The zero-order valence-electron chi connectivity index (χ0n) is 9.77. The molecule has 2 aromatic heterocycles. The third-order valence-electron chi connectivity index (χ3n) is 2.37. The second-order valence-electron chi connectivity index (χ2n) is 3.64. The Hall–Kier alpha value is -1.95. The Balaban J connectivity index is 2.33. The third-order valence-corrected chi connectivity index (χ3v) is 2.37. The van der Waals surface area contributed by atoms with Gasteiger partial charge in [0.25, 0.3) is 0 Å². The summed E-state index contributed by atoms with van der Waals surface area (Å²) in [5.41, 5.74) is 2.45. The van der Waals surface area contributed by atoms with Crippen molar-refractivity contribution in [2.45, 2.75) is 13.8 Å². The van der Waals surface area contributed by atoms with E-state index < -0.39 is 0 Å².